The van der Waals surface area contributed by atoms with E-state index in [1.807, 2.05) is 6.07 Å². The van der Waals surface area contributed by atoms with Gasteiger partial charge in [0, 0.05) is 12.6 Å². The summed E-state index contributed by atoms with van der Waals surface area (Å²) in [6, 6.07) is 9.15. The van der Waals surface area contributed by atoms with Crippen molar-refractivity contribution in [1.82, 2.24) is 0 Å². The van der Waals surface area contributed by atoms with Crippen LogP contribution in [0.25, 0.3) is 0 Å². The SMILES string of the molecule is COc1ccccc1N1CC2CCC1C2. The van der Waals surface area contributed by atoms with Crippen molar-refractivity contribution >= 4 is 5.69 Å². The third-order valence-electron chi connectivity index (χ3n) is 3.80. The standard InChI is InChI=1S/C13H17NO/c1-15-13-5-3-2-4-12(13)14-9-10-6-7-11(14)8-10/h2-5,10-11H,6-9H2,1H3. The fraction of sp³-hybridized carbons (Fsp3) is 0.538. The van der Waals surface area contributed by atoms with E-state index in [-0.39, 0.29) is 0 Å². The van der Waals surface area contributed by atoms with Gasteiger partial charge in [-0.2, -0.15) is 0 Å². The van der Waals surface area contributed by atoms with Gasteiger partial charge >= 0.3 is 0 Å². The summed E-state index contributed by atoms with van der Waals surface area (Å²) in [6.07, 6.45) is 4.18. The molecule has 2 atom stereocenters. The Morgan fingerprint density at radius 2 is 2.13 bits per heavy atom. The predicted octanol–water partition coefficient (Wildman–Crippen LogP) is 2.68. The normalized spacial score (nSPS) is 28.5. The first-order valence-corrected chi connectivity index (χ1v) is 5.78. The molecule has 3 rings (SSSR count). The van der Waals surface area contributed by atoms with Crippen LogP contribution in [0.4, 0.5) is 5.69 Å². The second-order valence-corrected chi connectivity index (χ2v) is 4.66. The van der Waals surface area contributed by atoms with Crippen LogP contribution in [0.1, 0.15) is 19.3 Å². The zero-order chi connectivity index (χ0) is 10.3. The maximum Gasteiger partial charge on any atom is 0.142 e. The van der Waals surface area contributed by atoms with E-state index in [0.29, 0.717) is 0 Å². The number of hydrogen-bond donors (Lipinski definition) is 0. The molecule has 2 heteroatoms. The molecule has 2 nitrogen and oxygen atoms in total. The fourth-order valence-corrected chi connectivity index (χ4v) is 3.09. The first-order valence-electron chi connectivity index (χ1n) is 5.78. The second-order valence-electron chi connectivity index (χ2n) is 4.66. The number of nitrogens with zero attached hydrogens (tertiary/aromatic N) is 1. The van der Waals surface area contributed by atoms with Gasteiger partial charge < -0.3 is 9.64 Å². The van der Waals surface area contributed by atoms with Gasteiger partial charge in [-0.1, -0.05) is 12.1 Å². The van der Waals surface area contributed by atoms with Gasteiger partial charge in [0.2, 0.25) is 0 Å². The summed E-state index contributed by atoms with van der Waals surface area (Å²) in [5.41, 5.74) is 1.28. The van der Waals surface area contributed by atoms with Crippen LogP contribution >= 0.6 is 0 Å². The van der Waals surface area contributed by atoms with Gasteiger partial charge in [-0.3, -0.25) is 0 Å². The molecule has 0 aromatic heterocycles. The molecule has 0 spiro atoms. The highest BCUT2D eigenvalue weighted by Gasteiger charge is 2.38. The number of benzene rings is 1. The maximum absolute atomic E-state index is 5.42. The van der Waals surface area contributed by atoms with Crippen LogP contribution in [0, 0.1) is 5.92 Å². The molecular weight excluding hydrogens is 186 g/mol. The molecular formula is C13H17NO. The molecule has 1 saturated carbocycles. The van der Waals surface area contributed by atoms with Crippen LogP contribution in [0.15, 0.2) is 24.3 Å². The lowest BCUT2D eigenvalue weighted by molar-refractivity contribution is 0.412. The Bertz CT molecular complexity index is 363. The fourth-order valence-electron chi connectivity index (χ4n) is 3.09. The quantitative estimate of drug-likeness (QED) is 0.732. The van der Waals surface area contributed by atoms with Crippen molar-refractivity contribution in [3.05, 3.63) is 24.3 Å². The summed E-state index contributed by atoms with van der Waals surface area (Å²) < 4.78 is 5.42. The monoisotopic (exact) mass is 203 g/mol. The Hall–Kier alpha value is -1.18. The van der Waals surface area contributed by atoms with Crippen molar-refractivity contribution in [2.45, 2.75) is 25.3 Å². The van der Waals surface area contributed by atoms with Crippen molar-refractivity contribution in [3.8, 4) is 5.75 Å². The summed E-state index contributed by atoms with van der Waals surface area (Å²) in [6.45, 7) is 1.23. The number of piperidine rings is 1. The van der Waals surface area contributed by atoms with E-state index >= 15 is 0 Å². The van der Waals surface area contributed by atoms with Crippen LogP contribution in [0.2, 0.25) is 0 Å². The zero-order valence-corrected chi connectivity index (χ0v) is 9.15. The van der Waals surface area contributed by atoms with Crippen LogP contribution in [0.3, 0.4) is 0 Å². The van der Waals surface area contributed by atoms with E-state index in [0.717, 1.165) is 17.7 Å². The number of rotatable bonds is 2. The smallest absolute Gasteiger partial charge is 0.142 e. The highest BCUT2D eigenvalue weighted by Crippen LogP contribution is 2.42. The van der Waals surface area contributed by atoms with Gasteiger partial charge in [0.15, 0.2) is 0 Å². The molecule has 0 N–H and O–H groups in total. The third kappa shape index (κ3) is 1.39. The summed E-state index contributed by atoms with van der Waals surface area (Å²) in [7, 11) is 1.76. The molecule has 2 aliphatic rings. The third-order valence-corrected chi connectivity index (χ3v) is 3.80. The topological polar surface area (TPSA) is 12.5 Å². The molecule has 2 fully saturated rings. The molecule has 1 aromatic carbocycles. The first-order chi connectivity index (χ1) is 7.38. The molecule has 1 aromatic rings. The summed E-state index contributed by atoms with van der Waals surface area (Å²) >= 11 is 0. The summed E-state index contributed by atoms with van der Waals surface area (Å²) in [4.78, 5) is 2.53. The van der Waals surface area contributed by atoms with Crippen molar-refractivity contribution in [2.24, 2.45) is 5.92 Å². The van der Waals surface area contributed by atoms with Gasteiger partial charge in [0.1, 0.15) is 5.75 Å². The molecule has 1 aliphatic heterocycles. The number of methoxy groups -OCH3 is 1. The highest BCUT2D eigenvalue weighted by atomic mass is 16.5. The van der Waals surface area contributed by atoms with Gasteiger partial charge in [-0.05, 0) is 37.3 Å². The Balaban J connectivity index is 1.92. The Morgan fingerprint density at radius 3 is 2.80 bits per heavy atom. The molecule has 15 heavy (non-hydrogen) atoms. The number of hydrogen-bond acceptors (Lipinski definition) is 2. The molecule has 1 saturated heterocycles. The Labute approximate surface area is 90.8 Å². The van der Waals surface area contributed by atoms with E-state index < -0.39 is 0 Å². The van der Waals surface area contributed by atoms with E-state index in [9.17, 15) is 0 Å². The molecule has 1 heterocycles. The van der Waals surface area contributed by atoms with Crippen molar-refractivity contribution in [3.63, 3.8) is 0 Å². The van der Waals surface area contributed by atoms with E-state index in [1.54, 1.807) is 7.11 Å². The molecule has 80 valence electrons. The minimum absolute atomic E-state index is 0.770. The van der Waals surface area contributed by atoms with Crippen LogP contribution in [0.5, 0.6) is 5.75 Å². The summed E-state index contributed by atoms with van der Waals surface area (Å²) in [5, 5.41) is 0. The highest BCUT2D eigenvalue weighted by molar-refractivity contribution is 5.60. The molecule has 2 bridgehead atoms. The van der Waals surface area contributed by atoms with Crippen molar-refractivity contribution in [1.29, 1.82) is 0 Å². The second kappa shape index (κ2) is 3.44. The van der Waals surface area contributed by atoms with E-state index in [4.69, 9.17) is 4.74 Å². The average Bonchev–Trinajstić information content (AvgIpc) is 2.90. The molecule has 1 aliphatic carbocycles. The van der Waals surface area contributed by atoms with Gasteiger partial charge in [-0.25, -0.2) is 0 Å². The van der Waals surface area contributed by atoms with E-state index in [1.165, 1.54) is 31.5 Å². The Kier molecular flexibility index (Phi) is 2.08. The average molecular weight is 203 g/mol. The lowest BCUT2D eigenvalue weighted by Crippen LogP contribution is -2.32. The largest absolute Gasteiger partial charge is 0.495 e. The lowest BCUT2D eigenvalue weighted by Gasteiger charge is -2.30. The number of ether oxygens (including phenoxy) is 1. The first kappa shape index (κ1) is 9.08. The predicted molar refractivity (Wildman–Crippen MR) is 61.5 cm³/mol. The molecule has 0 amide bonds. The number of fused-ring (bicyclic) bond motifs is 2. The van der Waals surface area contributed by atoms with Gasteiger partial charge in [-0.15, -0.1) is 0 Å². The van der Waals surface area contributed by atoms with Crippen LogP contribution in [-0.2, 0) is 0 Å². The number of anilines is 1. The molecule has 0 radical (unpaired) electrons. The lowest BCUT2D eigenvalue weighted by atomic mass is 10.1. The molecule has 2 unspecified atom stereocenters. The zero-order valence-electron chi connectivity index (χ0n) is 9.15. The maximum atomic E-state index is 5.42. The van der Waals surface area contributed by atoms with Crippen LogP contribution < -0.4 is 9.64 Å². The minimum atomic E-state index is 0.770. The van der Waals surface area contributed by atoms with E-state index in [2.05, 4.69) is 23.1 Å². The Morgan fingerprint density at radius 1 is 1.27 bits per heavy atom. The van der Waals surface area contributed by atoms with Crippen LogP contribution in [-0.4, -0.2) is 19.7 Å². The minimum Gasteiger partial charge on any atom is -0.495 e. The van der Waals surface area contributed by atoms with Crippen molar-refractivity contribution in [2.75, 3.05) is 18.6 Å². The van der Waals surface area contributed by atoms with Gasteiger partial charge in [0.25, 0.3) is 0 Å². The van der Waals surface area contributed by atoms with Gasteiger partial charge in [0.05, 0.1) is 12.8 Å². The van der Waals surface area contributed by atoms with Crippen molar-refractivity contribution < 1.29 is 4.74 Å². The summed E-state index contributed by atoms with van der Waals surface area (Å²) in [5.74, 6) is 1.95. The number of para-hydroxylation sites is 2.